The molecule has 3 heteroatoms. The molecule has 1 atom stereocenters. The van der Waals surface area contributed by atoms with Gasteiger partial charge in [0.15, 0.2) is 0 Å². The van der Waals surface area contributed by atoms with Crippen LogP contribution in [0.5, 0.6) is 0 Å². The van der Waals surface area contributed by atoms with Gasteiger partial charge in [-0.1, -0.05) is 30.2 Å². The number of carbonyl (C=O) groups excluding carboxylic acids is 1. The van der Waals surface area contributed by atoms with Gasteiger partial charge in [0, 0.05) is 13.1 Å². The Morgan fingerprint density at radius 1 is 1.56 bits per heavy atom. The van der Waals surface area contributed by atoms with Crippen molar-refractivity contribution in [3.63, 3.8) is 0 Å². The fourth-order valence-corrected chi connectivity index (χ4v) is 1.99. The highest BCUT2D eigenvalue weighted by atomic mass is 16.1. The predicted octanol–water partition coefficient (Wildman–Crippen LogP) is 0.623. The molecular formula is C13H14N2O. The molecule has 0 saturated carbocycles. The van der Waals surface area contributed by atoms with Crippen molar-refractivity contribution in [3.8, 4) is 12.3 Å². The van der Waals surface area contributed by atoms with E-state index in [1.165, 1.54) is 5.56 Å². The molecule has 1 unspecified atom stereocenters. The third-order valence-electron chi connectivity index (χ3n) is 2.78. The first-order valence-electron chi connectivity index (χ1n) is 5.32. The molecule has 0 aromatic heterocycles. The number of fused-ring (bicyclic) bond motifs is 1. The van der Waals surface area contributed by atoms with E-state index in [1.54, 1.807) is 0 Å². The Labute approximate surface area is 95.2 Å². The van der Waals surface area contributed by atoms with Crippen molar-refractivity contribution in [1.82, 2.24) is 10.6 Å². The molecular weight excluding hydrogens is 200 g/mol. The molecule has 1 aromatic rings. The average molecular weight is 214 g/mol. The van der Waals surface area contributed by atoms with Gasteiger partial charge in [0.05, 0.1) is 12.5 Å². The Bertz CT molecular complexity index is 434. The van der Waals surface area contributed by atoms with Crippen LogP contribution in [0.3, 0.4) is 0 Å². The minimum Gasteiger partial charge on any atom is -0.345 e. The van der Waals surface area contributed by atoms with E-state index in [1.807, 2.05) is 24.3 Å². The molecule has 2 rings (SSSR count). The molecule has 0 aliphatic carbocycles. The lowest BCUT2D eigenvalue weighted by Crippen LogP contribution is -2.38. The zero-order valence-electron chi connectivity index (χ0n) is 8.99. The minimum atomic E-state index is -0.127. The predicted molar refractivity (Wildman–Crippen MR) is 62.7 cm³/mol. The van der Waals surface area contributed by atoms with Gasteiger partial charge in [0.2, 0.25) is 5.91 Å². The van der Waals surface area contributed by atoms with Gasteiger partial charge in [0.25, 0.3) is 0 Å². The summed E-state index contributed by atoms with van der Waals surface area (Å²) in [7, 11) is 0. The number of carbonyl (C=O) groups is 1. The van der Waals surface area contributed by atoms with Gasteiger partial charge in [0.1, 0.15) is 0 Å². The van der Waals surface area contributed by atoms with Crippen molar-refractivity contribution in [1.29, 1.82) is 0 Å². The maximum atomic E-state index is 11.9. The molecule has 16 heavy (non-hydrogen) atoms. The van der Waals surface area contributed by atoms with Crippen LogP contribution in [0.25, 0.3) is 0 Å². The lowest BCUT2D eigenvalue weighted by molar-refractivity contribution is -0.122. The standard InChI is InChI=1S/C13H14N2O/c1-2-7-15-13(16)12-9-14-8-10-5-3-4-6-11(10)12/h1,3-6,12,14H,7-9H2,(H,15,16). The van der Waals surface area contributed by atoms with Crippen molar-refractivity contribution in [3.05, 3.63) is 35.4 Å². The SMILES string of the molecule is C#CCNC(=O)C1CNCc2ccccc21. The van der Waals surface area contributed by atoms with E-state index in [0.29, 0.717) is 6.54 Å². The molecule has 1 heterocycles. The molecule has 0 bridgehead atoms. The van der Waals surface area contributed by atoms with Crippen molar-refractivity contribution in [2.24, 2.45) is 0 Å². The Morgan fingerprint density at radius 2 is 2.38 bits per heavy atom. The van der Waals surface area contributed by atoms with Crippen LogP contribution in [0.1, 0.15) is 17.0 Å². The molecule has 1 aliphatic rings. The normalized spacial score (nSPS) is 18.3. The van der Waals surface area contributed by atoms with Crippen LogP contribution >= 0.6 is 0 Å². The van der Waals surface area contributed by atoms with Crippen LogP contribution in [-0.2, 0) is 11.3 Å². The first-order valence-corrected chi connectivity index (χ1v) is 5.32. The summed E-state index contributed by atoms with van der Waals surface area (Å²) < 4.78 is 0. The maximum Gasteiger partial charge on any atom is 0.229 e. The summed E-state index contributed by atoms with van der Waals surface area (Å²) in [6, 6.07) is 8.01. The minimum absolute atomic E-state index is 0.00222. The van der Waals surface area contributed by atoms with Crippen LogP contribution in [0, 0.1) is 12.3 Å². The van der Waals surface area contributed by atoms with E-state index < -0.39 is 0 Å². The Morgan fingerprint density at radius 3 is 3.19 bits per heavy atom. The van der Waals surface area contributed by atoms with Gasteiger partial charge in [-0.15, -0.1) is 6.42 Å². The fraction of sp³-hybridized carbons (Fsp3) is 0.308. The average Bonchev–Trinajstić information content (AvgIpc) is 2.35. The molecule has 3 nitrogen and oxygen atoms in total. The second-order valence-electron chi connectivity index (χ2n) is 3.80. The zero-order valence-corrected chi connectivity index (χ0v) is 8.99. The summed E-state index contributed by atoms with van der Waals surface area (Å²) in [5.41, 5.74) is 2.30. The van der Waals surface area contributed by atoms with Crippen LogP contribution < -0.4 is 10.6 Å². The summed E-state index contributed by atoms with van der Waals surface area (Å²) in [4.78, 5) is 11.9. The largest absolute Gasteiger partial charge is 0.345 e. The third kappa shape index (κ3) is 2.07. The van der Waals surface area contributed by atoms with E-state index in [-0.39, 0.29) is 18.4 Å². The van der Waals surface area contributed by atoms with Gasteiger partial charge in [-0.25, -0.2) is 0 Å². The van der Waals surface area contributed by atoms with E-state index in [0.717, 1.165) is 12.1 Å². The van der Waals surface area contributed by atoms with E-state index in [2.05, 4.69) is 16.6 Å². The fourth-order valence-electron chi connectivity index (χ4n) is 1.99. The third-order valence-corrected chi connectivity index (χ3v) is 2.78. The summed E-state index contributed by atoms with van der Waals surface area (Å²) in [5, 5.41) is 5.96. The molecule has 0 fully saturated rings. The molecule has 0 radical (unpaired) electrons. The number of rotatable bonds is 2. The van der Waals surface area contributed by atoms with Gasteiger partial charge in [-0.2, -0.15) is 0 Å². The summed E-state index contributed by atoms with van der Waals surface area (Å²) >= 11 is 0. The Kier molecular flexibility index (Phi) is 3.23. The summed E-state index contributed by atoms with van der Waals surface area (Å²) in [5.74, 6) is 2.28. The number of hydrogen-bond donors (Lipinski definition) is 2. The van der Waals surface area contributed by atoms with Crippen LogP contribution in [0.2, 0.25) is 0 Å². The number of amides is 1. The monoisotopic (exact) mass is 214 g/mol. The first-order chi connectivity index (χ1) is 7.83. The lowest BCUT2D eigenvalue weighted by Gasteiger charge is -2.25. The molecule has 1 aliphatic heterocycles. The van der Waals surface area contributed by atoms with Gasteiger partial charge >= 0.3 is 0 Å². The molecule has 1 aromatic carbocycles. The van der Waals surface area contributed by atoms with Crippen molar-refractivity contribution in [2.45, 2.75) is 12.5 Å². The second-order valence-corrected chi connectivity index (χ2v) is 3.80. The van der Waals surface area contributed by atoms with Gasteiger partial charge in [-0.05, 0) is 11.1 Å². The van der Waals surface area contributed by atoms with Crippen LogP contribution in [-0.4, -0.2) is 19.0 Å². The van der Waals surface area contributed by atoms with E-state index >= 15 is 0 Å². The molecule has 0 saturated heterocycles. The topological polar surface area (TPSA) is 41.1 Å². The van der Waals surface area contributed by atoms with Gasteiger partial charge < -0.3 is 10.6 Å². The van der Waals surface area contributed by atoms with Crippen molar-refractivity contribution >= 4 is 5.91 Å². The summed E-state index contributed by atoms with van der Waals surface area (Å²) in [6.07, 6.45) is 5.12. The molecule has 2 N–H and O–H groups in total. The van der Waals surface area contributed by atoms with Crippen LogP contribution in [0.15, 0.2) is 24.3 Å². The number of terminal acetylenes is 1. The molecule has 0 spiro atoms. The molecule has 82 valence electrons. The zero-order chi connectivity index (χ0) is 11.4. The Balaban J connectivity index is 2.19. The van der Waals surface area contributed by atoms with Crippen LogP contribution in [0.4, 0.5) is 0 Å². The first kappa shape index (κ1) is 10.7. The van der Waals surface area contributed by atoms with E-state index in [4.69, 9.17) is 6.42 Å². The second kappa shape index (κ2) is 4.82. The quantitative estimate of drug-likeness (QED) is 0.709. The van der Waals surface area contributed by atoms with E-state index in [9.17, 15) is 4.79 Å². The number of nitrogens with one attached hydrogen (secondary N) is 2. The highest BCUT2D eigenvalue weighted by molar-refractivity contribution is 5.84. The number of benzene rings is 1. The maximum absolute atomic E-state index is 11.9. The lowest BCUT2D eigenvalue weighted by atomic mass is 9.90. The Hall–Kier alpha value is -1.79. The smallest absolute Gasteiger partial charge is 0.229 e. The highest BCUT2D eigenvalue weighted by Crippen LogP contribution is 2.23. The van der Waals surface area contributed by atoms with Crippen molar-refractivity contribution < 1.29 is 4.79 Å². The van der Waals surface area contributed by atoms with Crippen molar-refractivity contribution in [2.75, 3.05) is 13.1 Å². The highest BCUT2D eigenvalue weighted by Gasteiger charge is 2.25. The summed E-state index contributed by atoms with van der Waals surface area (Å²) in [6.45, 7) is 1.79. The number of hydrogen-bond acceptors (Lipinski definition) is 2. The van der Waals surface area contributed by atoms with Gasteiger partial charge in [-0.3, -0.25) is 4.79 Å². The molecule has 1 amide bonds.